The molecule has 0 unspecified atom stereocenters. The van der Waals surface area contributed by atoms with Gasteiger partial charge >= 0.3 is 0 Å². The number of ketones is 1. The molecule has 0 radical (unpaired) electrons. The Morgan fingerprint density at radius 3 is 2.82 bits per heavy atom. The van der Waals surface area contributed by atoms with E-state index < -0.39 is 0 Å². The first-order valence-electron chi connectivity index (χ1n) is 5.86. The van der Waals surface area contributed by atoms with Crippen molar-refractivity contribution in [3.63, 3.8) is 0 Å². The number of Topliss-reactive ketones (excluding diaryl/α,β-unsaturated/α-hetero) is 1. The van der Waals surface area contributed by atoms with Gasteiger partial charge in [0.25, 0.3) is 0 Å². The molecule has 2 rings (SSSR count). The maximum absolute atomic E-state index is 11.6. The van der Waals surface area contributed by atoms with Crippen LogP contribution in [0, 0.1) is 5.41 Å². The van der Waals surface area contributed by atoms with Crippen LogP contribution in [0.5, 0.6) is 5.75 Å². The summed E-state index contributed by atoms with van der Waals surface area (Å²) in [5, 5.41) is 0. The molecule has 0 atom stereocenters. The molecule has 1 aliphatic rings. The first-order valence-corrected chi connectivity index (χ1v) is 6.65. The maximum Gasteiger partial charge on any atom is 0.137 e. The van der Waals surface area contributed by atoms with Crippen LogP contribution in [0.15, 0.2) is 16.6 Å². The van der Waals surface area contributed by atoms with Gasteiger partial charge in [-0.1, -0.05) is 19.9 Å². The van der Waals surface area contributed by atoms with E-state index in [1.165, 1.54) is 11.1 Å². The van der Waals surface area contributed by atoms with Crippen molar-refractivity contribution in [2.24, 2.45) is 5.41 Å². The maximum atomic E-state index is 11.6. The molecule has 2 nitrogen and oxygen atoms in total. The average Bonchev–Trinajstić information content (AvgIpc) is 2.71. The average molecular weight is 297 g/mol. The molecule has 1 aliphatic heterocycles. The zero-order valence-electron chi connectivity index (χ0n) is 10.5. The van der Waals surface area contributed by atoms with E-state index >= 15 is 0 Å². The molecule has 1 aromatic rings. The number of halogens is 1. The Morgan fingerprint density at radius 1 is 1.47 bits per heavy atom. The summed E-state index contributed by atoms with van der Waals surface area (Å²) in [4.78, 5) is 11.6. The van der Waals surface area contributed by atoms with E-state index in [9.17, 15) is 4.79 Å². The highest BCUT2D eigenvalue weighted by molar-refractivity contribution is 9.10. The monoisotopic (exact) mass is 296 g/mol. The number of ether oxygens (including phenoxy) is 1. The van der Waals surface area contributed by atoms with Gasteiger partial charge in [0.15, 0.2) is 0 Å². The summed E-state index contributed by atoms with van der Waals surface area (Å²) in [7, 11) is 0. The molecular formula is C14H17BrO2. The molecule has 17 heavy (non-hydrogen) atoms. The number of hydrogen-bond donors (Lipinski definition) is 0. The van der Waals surface area contributed by atoms with Crippen molar-refractivity contribution >= 4 is 21.7 Å². The van der Waals surface area contributed by atoms with Gasteiger partial charge in [0.2, 0.25) is 0 Å². The fourth-order valence-corrected chi connectivity index (χ4v) is 2.58. The lowest BCUT2D eigenvalue weighted by Gasteiger charge is -2.22. The number of carbonyl (C=O) groups excluding carboxylic acids is 1. The predicted octanol–water partition coefficient (Wildman–Crippen LogP) is 3.54. The zero-order chi connectivity index (χ0) is 12.6. The van der Waals surface area contributed by atoms with Gasteiger partial charge in [0, 0.05) is 17.4 Å². The fraction of sp³-hybridized carbons (Fsp3) is 0.500. The van der Waals surface area contributed by atoms with Crippen LogP contribution in [0.3, 0.4) is 0 Å². The van der Waals surface area contributed by atoms with Gasteiger partial charge < -0.3 is 4.74 Å². The molecular weight excluding hydrogens is 280 g/mol. The summed E-state index contributed by atoms with van der Waals surface area (Å²) in [6.45, 7) is 6.40. The van der Waals surface area contributed by atoms with E-state index in [1.807, 2.05) is 19.9 Å². The molecule has 92 valence electrons. The van der Waals surface area contributed by atoms with E-state index in [-0.39, 0.29) is 11.2 Å². The molecule has 0 spiro atoms. The Balaban J connectivity index is 2.35. The number of fused-ring (bicyclic) bond motifs is 1. The van der Waals surface area contributed by atoms with Crippen molar-refractivity contribution in [2.75, 3.05) is 6.61 Å². The minimum atomic E-state index is -0.301. The van der Waals surface area contributed by atoms with Crippen molar-refractivity contribution in [3.05, 3.63) is 27.7 Å². The highest BCUT2D eigenvalue weighted by Crippen LogP contribution is 2.38. The van der Waals surface area contributed by atoms with Crippen LogP contribution in [0.25, 0.3) is 0 Å². The second kappa shape index (κ2) is 4.45. The van der Waals surface area contributed by atoms with Crippen molar-refractivity contribution < 1.29 is 9.53 Å². The van der Waals surface area contributed by atoms with E-state index in [4.69, 9.17) is 4.74 Å². The van der Waals surface area contributed by atoms with Crippen LogP contribution in [-0.2, 0) is 17.6 Å². The number of carbonyl (C=O) groups is 1. The molecule has 1 aromatic carbocycles. The first kappa shape index (κ1) is 12.6. The Labute approximate surface area is 110 Å². The van der Waals surface area contributed by atoms with Crippen LogP contribution >= 0.6 is 15.9 Å². The van der Waals surface area contributed by atoms with Crippen LogP contribution in [0.1, 0.15) is 31.9 Å². The van der Waals surface area contributed by atoms with Crippen LogP contribution in [0.4, 0.5) is 0 Å². The SMILES string of the molecule is CC(=O)C(C)(C)Cc1ccc(Br)c2c1CCO2. The van der Waals surface area contributed by atoms with Gasteiger partial charge in [-0.05, 0) is 40.9 Å². The molecule has 0 amide bonds. The third-order valence-electron chi connectivity index (χ3n) is 3.49. The molecule has 0 aliphatic carbocycles. The molecule has 0 fully saturated rings. The summed E-state index contributed by atoms with van der Waals surface area (Å²) in [6, 6.07) is 4.11. The van der Waals surface area contributed by atoms with Gasteiger partial charge in [0.1, 0.15) is 11.5 Å². The second-order valence-corrected chi connectivity index (χ2v) is 6.08. The van der Waals surface area contributed by atoms with E-state index in [1.54, 1.807) is 6.92 Å². The standard InChI is InChI=1S/C14H17BrO2/c1-9(16)14(2,3)8-10-4-5-12(15)13-11(10)6-7-17-13/h4-5H,6-8H2,1-3H3. The third-order valence-corrected chi connectivity index (χ3v) is 4.12. The van der Waals surface area contributed by atoms with Gasteiger partial charge in [-0.2, -0.15) is 0 Å². The topological polar surface area (TPSA) is 26.3 Å². The molecule has 3 heteroatoms. The second-order valence-electron chi connectivity index (χ2n) is 5.23. The Bertz CT molecular complexity index is 464. The predicted molar refractivity (Wildman–Crippen MR) is 71.5 cm³/mol. The highest BCUT2D eigenvalue weighted by atomic mass is 79.9. The summed E-state index contributed by atoms with van der Waals surface area (Å²) in [5.74, 6) is 1.19. The zero-order valence-corrected chi connectivity index (χ0v) is 12.1. The number of benzene rings is 1. The Kier molecular flexibility index (Phi) is 3.30. The first-order chi connectivity index (χ1) is 7.92. The van der Waals surface area contributed by atoms with Crippen molar-refractivity contribution in [1.82, 2.24) is 0 Å². The van der Waals surface area contributed by atoms with E-state index in [0.717, 1.165) is 29.7 Å². The fourth-order valence-electron chi connectivity index (χ4n) is 2.09. The Morgan fingerprint density at radius 2 is 2.18 bits per heavy atom. The summed E-state index contributed by atoms with van der Waals surface area (Å²) in [6.07, 6.45) is 1.72. The molecule has 0 N–H and O–H groups in total. The minimum Gasteiger partial charge on any atom is -0.492 e. The molecule has 0 saturated carbocycles. The molecule has 0 bridgehead atoms. The smallest absolute Gasteiger partial charge is 0.137 e. The van der Waals surface area contributed by atoms with Crippen molar-refractivity contribution in [3.8, 4) is 5.75 Å². The third kappa shape index (κ3) is 2.39. The molecule has 0 saturated heterocycles. The number of hydrogen-bond acceptors (Lipinski definition) is 2. The van der Waals surface area contributed by atoms with Crippen LogP contribution in [-0.4, -0.2) is 12.4 Å². The molecule has 1 heterocycles. The lowest BCUT2D eigenvalue weighted by molar-refractivity contribution is -0.124. The van der Waals surface area contributed by atoms with Gasteiger partial charge in [-0.25, -0.2) is 0 Å². The highest BCUT2D eigenvalue weighted by Gasteiger charge is 2.27. The van der Waals surface area contributed by atoms with Crippen LogP contribution < -0.4 is 4.74 Å². The largest absolute Gasteiger partial charge is 0.492 e. The van der Waals surface area contributed by atoms with E-state index in [0.29, 0.717) is 0 Å². The Hall–Kier alpha value is -0.830. The quantitative estimate of drug-likeness (QED) is 0.853. The summed E-state index contributed by atoms with van der Waals surface area (Å²) in [5.41, 5.74) is 2.19. The van der Waals surface area contributed by atoms with Crippen molar-refractivity contribution in [1.29, 1.82) is 0 Å². The number of rotatable bonds is 3. The lowest BCUT2D eigenvalue weighted by atomic mass is 9.81. The van der Waals surface area contributed by atoms with Gasteiger partial charge in [-0.15, -0.1) is 0 Å². The summed E-state index contributed by atoms with van der Waals surface area (Å²) < 4.78 is 6.62. The minimum absolute atomic E-state index is 0.230. The normalized spacial score (nSPS) is 14.4. The van der Waals surface area contributed by atoms with Crippen LogP contribution in [0.2, 0.25) is 0 Å². The van der Waals surface area contributed by atoms with Gasteiger partial charge in [0.05, 0.1) is 11.1 Å². The lowest BCUT2D eigenvalue weighted by Crippen LogP contribution is -2.24. The van der Waals surface area contributed by atoms with Gasteiger partial charge in [-0.3, -0.25) is 4.79 Å². The van der Waals surface area contributed by atoms with Crippen molar-refractivity contribution in [2.45, 2.75) is 33.6 Å². The summed E-state index contributed by atoms with van der Waals surface area (Å²) >= 11 is 3.50. The molecule has 0 aromatic heterocycles. The van der Waals surface area contributed by atoms with E-state index in [2.05, 4.69) is 22.0 Å².